The molecule has 8 heteroatoms. The zero-order valence-electron chi connectivity index (χ0n) is 14.9. The van der Waals surface area contributed by atoms with Gasteiger partial charge in [-0.05, 0) is 24.3 Å². The average Bonchev–Trinajstić information content (AvgIpc) is 2.51. The highest BCUT2D eigenvalue weighted by atomic mass is 16.4. The second kappa shape index (κ2) is 10.4. The molecule has 1 atom stereocenters. The van der Waals surface area contributed by atoms with E-state index in [1.165, 1.54) is 11.8 Å². The van der Waals surface area contributed by atoms with Crippen molar-refractivity contribution in [3.63, 3.8) is 0 Å². The number of amides is 2. The summed E-state index contributed by atoms with van der Waals surface area (Å²) in [5.74, 6) is -1.82. The van der Waals surface area contributed by atoms with E-state index in [1.807, 2.05) is 14.1 Å². The van der Waals surface area contributed by atoms with Crippen LogP contribution in [0.25, 0.3) is 0 Å². The van der Waals surface area contributed by atoms with Gasteiger partial charge in [0.2, 0.25) is 11.8 Å². The Hall–Kier alpha value is -2.45. The molecule has 138 valence electrons. The molecule has 1 rings (SSSR count). The summed E-state index contributed by atoms with van der Waals surface area (Å²) in [6.45, 7) is 2.97. The first-order chi connectivity index (χ1) is 11.8. The van der Waals surface area contributed by atoms with Gasteiger partial charge in [0.05, 0.1) is 39.6 Å². The van der Waals surface area contributed by atoms with Crippen LogP contribution in [0.15, 0.2) is 24.3 Å². The summed E-state index contributed by atoms with van der Waals surface area (Å²) >= 11 is 0. The van der Waals surface area contributed by atoms with Crippen molar-refractivity contribution in [2.45, 2.75) is 25.8 Å². The molecule has 0 bridgehead atoms. The molecule has 0 heterocycles. The number of quaternary nitrogens is 2. The molecule has 1 aromatic carbocycles. The molecule has 0 radical (unpaired) electrons. The van der Waals surface area contributed by atoms with Crippen LogP contribution >= 0.6 is 0 Å². The molecule has 0 aromatic heterocycles. The third kappa shape index (κ3) is 8.83. The van der Waals surface area contributed by atoms with Crippen molar-refractivity contribution in [3.05, 3.63) is 24.3 Å². The van der Waals surface area contributed by atoms with E-state index in [0.29, 0.717) is 17.9 Å². The van der Waals surface area contributed by atoms with Crippen molar-refractivity contribution in [2.75, 3.05) is 37.8 Å². The number of carboxylic acids is 1. The molecule has 0 fully saturated rings. The van der Waals surface area contributed by atoms with Crippen LogP contribution in [-0.2, 0) is 14.4 Å². The zero-order chi connectivity index (χ0) is 18.8. The largest absolute Gasteiger partial charge is 0.544 e. The van der Waals surface area contributed by atoms with Crippen molar-refractivity contribution in [1.82, 2.24) is 0 Å². The molecule has 8 nitrogen and oxygen atoms in total. The monoisotopic (exact) mass is 351 g/mol. The van der Waals surface area contributed by atoms with E-state index in [2.05, 4.69) is 10.6 Å². The molecule has 25 heavy (non-hydrogen) atoms. The lowest BCUT2D eigenvalue weighted by Crippen LogP contribution is -3.06. The number of hydrogen-bond donors (Lipinski definition) is 4. The van der Waals surface area contributed by atoms with Crippen LogP contribution in [0.1, 0.15) is 19.8 Å². The summed E-state index contributed by atoms with van der Waals surface area (Å²) in [6.07, 6.45) is 0.697. The van der Waals surface area contributed by atoms with Gasteiger partial charge in [0.25, 0.3) is 0 Å². The number of anilines is 2. The first-order valence-electron chi connectivity index (χ1n) is 8.28. The van der Waals surface area contributed by atoms with Gasteiger partial charge in [-0.2, -0.15) is 0 Å². The maximum absolute atomic E-state index is 12.0. The predicted octanol–water partition coefficient (Wildman–Crippen LogP) is -2.81. The normalized spacial score (nSPS) is 11.8. The number of aliphatic carboxylic acids is 1. The first-order valence-corrected chi connectivity index (χ1v) is 8.28. The topological polar surface area (TPSA) is 119 Å². The second-order valence-corrected chi connectivity index (χ2v) is 6.27. The predicted molar refractivity (Wildman–Crippen MR) is 91.9 cm³/mol. The molecule has 0 aliphatic carbocycles. The number of carbonyl (C=O) groups excluding carboxylic acids is 3. The first kappa shape index (κ1) is 20.6. The van der Waals surface area contributed by atoms with Gasteiger partial charge in [-0.25, -0.2) is 0 Å². The minimum Gasteiger partial charge on any atom is -0.544 e. The number of benzene rings is 1. The lowest BCUT2D eigenvalue weighted by atomic mass is 10.2. The van der Waals surface area contributed by atoms with E-state index < -0.39 is 17.9 Å². The molecule has 0 saturated carbocycles. The molecule has 0 unspecified atom stereocenters. The molecule has 0 aliphatic rings. The molecule has 2 amide bonds. The van der Waals surface area contributed by atoms with Gasteiger partial charge in [0.15, 0.2) is 0 Å². The smallest absolute Gasteiger partial charge is 0.230 e. The molecule has 0 spiro atoms. The standard InChI is InChI=1S/C17H26N4O4/c1-12(22)19-13-5-7-14(8-6-13)20-16(23)11-15(17(24)25)18-9-4-10-21(2)3/h5-8,15,18H,4,9-11H2,1-3H3,(H,19,22)(H,20,23)(H,24,25)/p+1/t15-/m1/s1. The highest BCUT2D eigenvalue weighted by molar-refractivity contribution is 5.94. The van der Waals surface area contributed by atoms with Gasteiger partial charge < -0.3 is 30.8 Å². The second-order valence-electron chi connectivity index (χ2n) is 6.27. The van der Waals surface area contributed by atoms with E-state index in [0.717, 1.165) is 13.0 Å². The Kier molecular flexibility index (Phi) is 8.59. The molecular formula is C17H27N4O4+. The fourth-order valence-corrected chi connectivity index (χ4v) is 2.29. The van der Waals surface area contributed by atoms with Crippen LogP contribution in [0.5, 0.6) is 0 Å². The van der Waals surface area contributed by atoms with Crippen molar-refractivity contribution in [2.24, 2.45) is 0 Å². The highest BCUT2D eigenvalue weighted by Gasteiger charge is 2.18. The fraction of sp³-hybridized carbons (Fsp3) is 0.471. The van der Waals surface area contributed by atoms with E-state index in [-0.39, 0.29) is 12.3 Å². The summed E-state index contributed by atoms with van der Waals surface area (Å²) in [7, 11) is 4.06. The summed E-state index contributed by atoms with van der Waals surface area (Å²) in [4.78, 5) is 35.5. The lowest BCUT2D eigenvalue weighted by Gasteiger charge is -2.16. The Bertz CT molecular complexity index is 587. The van der Waals surface area contributed by atoms with Gasteiger partial charge in [-0.15, -0.1) is 0 Å². The molecule has 5 N–H and O–H groups in total. The third-order valence-corrected chi connectivity index (χ3v) is 3.53. The van der Waals surface area contributed by atoms with Crippen LogP contribution in [0.4, 0.5) is 11.4 Å². The van der Waals surface area contributed by atoms with Crippen LogP contribution in [0, 0.1) is 0 Å². The van der Waals surface area contributed by atoms with Crippen molar-refractivity contribution in [1.29, 1.82) is 0 Å². The molecular weight excluding hydrogens is 324 g/mol. The van der Waals surface area contributed by atoms with Crippen LogP contribution in [0.2, 0.25) is 0 Å². The molecule has 0 aliphatic heterocycles. The van der Waals surface area contributed by atoms with Crippen LogP contribution in [0.3, 0.4) is 0 Å². The Morgan fingerprint density at radius 1 is 1.12 bits per heavy atom. The Morgan fingerprint density at radius 3 is 2.16 bits per heavy atom. The zero-order valence-corrected chi connectivity index (χ0v) is 14.9. The number of nitrogens with two attached hydrogens (primary N) is 1. The third-order valence-electron chi connectivity index (χ3n) is 3.53. The lowest BCUT2D eigenvalue weighted by molar-refractivity contribution is -0.860. The van der Waals surface area contributed by atoms with Gasteiger partial charge in [-0.1, -0.05) is 0 Å². The maximum atomic E-state index is 12.0. The van der Waals surface area contributed by atoms with Crippen LogP contribution < -0.4 is 26.0 Å². The number of rotatable bonds is 10. The Morgan fingerprint density at radius 2 is 1.68 bits per heavy atom. The molecule has 1 aromatic rings. The highest BCUT2D eigenvalue weighted by Crippen LogP contribution is 2.13. The summed E-state index contributed by atoms with van der Waals surface area (Å²) in [5.41, 5.74) is 1.15. The van der Waals surface area contributed by atoms with Crippen LogP contribution in [-0.4, -0.2) is 51.0 Å². The minimum absolute atomic E-state index is 0.162. The van der Waals surface area contributed by atoms with E-state index >= 15 is 0 Å². The van der Waals surface area contributed by atoms with Crippen molar-refractivity contribution >= 4 is 29.2 Å². The fourth-order valence-electron chi connectivity index (χ4n) is 2.29. The summed E-state index contributed by atoms with van der Waals surface area (Å²) < 4.78 is 0. The van der Waals surface area contributed by atoms with E-state index in [9.17, 15) is 19.5 Å². The number of carbonyl (C=O) groups is 3. The summed E-state index contributed by atoms with van der Waals surface area (Å²) in [5, 5.41) is 18.1. The SMILES string of the molecule is CC(=O)Nc1ccc(NC(=O)C[C@@H]([NH2+]CCC[NH+](C)C)C(=O)[O-])cc1. The average molecular weight is 351 g/mol. The van der Waals surface area contributed by atoms with Gasteiger partial charge in [0, 0.05) is 24.7 Å². The number of carboxylic acid groups (broad SMARTS) is 1. The van der Waals surface area contributed by atoms with E-state index in [4.69, 9.17) is 0 Å². The quantitative estimate of drug-likeness (QED) is 0.340. The minimum atomic E-state index is -1.24. The maximum Gasteiger partial charge on any atom is 0.230 e. The van der Waals surface area contributed by atoms with Crippen molar-refractivity contribution in [3.8, 4) is 0 Å². The Balaban J connectivity index is 2.48. The number of hydrogen-bond acceptors (Lipinski definition) is 4. The Labute approximate surface area is 147 Å². The van der Waals surface area contributed by atoms with Gasteiger partial charge >= 0.3 is 0 Å². The van der Waals surface area contributed by atoms with Crippen molar-refractivity contribution < 1.29 is 29.7 Å². The molecule has 0 saturated heterocycles. The summed E-state index contributed by atoms with van der Waals surface area (Å²) in [6, 6.07) is 5.68. The van der Waals surface area contributed by atoms with Gasteiger partial charge in [0.1, 0.15) is 6.04 Å². The van der Waals surface area contributed by atoms with E-state index in [1.54, 1.807) is 29.6 Å². The van der Waals surface area contributed by atoms with Gasteiger partial charge in [-0.3, -0.25) is 9.59 Å². The number of nitrogens with one attached hydrogen (secondary N) is 3.